The Hall–Kier alpha value is -1.02. The van der Waals surface area contributed by atoms with Crippen LogP contribution in [0.3, 0.4) is 0 Å². The zero-order valence-corrected chi connectivity index (χ0v) is 11.0. The maximum Gasteiger partial charge on any atom is 0.228 e. The molecule has 1 heterocycles. The van der Waals surface area contributed by atoms with Crippen LogP contribution in [0.5, 0.6) is 0 Å². The average Bonchev–Trinajstić information content (AvgIpc) is 2.87. The monoisotopic (exact) mass is 245 g/mol. The molecule has 1 aromatic rings. The van der Waals surface area contributed by atoms with E-state index < -0.39 is 11.6 Å². The molecule has 0 saturated carbocycles. The van der Waals surface area contributed by atoms with E-state index in [1.165, 1.54) is 28.4 Å². The highest BCUT2D eigenvalue weighted by Gasteiger charge is 2.36. The summed E-state index contributed by atoms with van der Waals surface area (Å²) in [6, 6.07) is 0. The number of H-pyrrole nitrogens is 1. The number of ether oxygens (including phenoxy) is 4. The van der Waals surface area contributed by atoms with Crippen LogP contribution in [0.25, 0.3) is 0 Å². The van der Waals surface area contributed by atoms with Crippen LogP contribution in [0.2, 0.25) is 0 Å². The zero-order chi connectivity index (χ0) is 13.1. The van der Waals surface area contributed by atoms with Crippen LogP contribution in [0.4, 0.5) is 0 Å². The molecule has 0 aliphatic rings. The van der Waals surface area contributed by atoms with Crippen molar-refractivity contribution >= 4 is 0 Å². The van der Waals surface area contributed by atoms with E-state index in [0.717, 1.165) is 0 Å². The van der Waals surface area contributed by atoms with Crippen LogP contribution in [-0.4, -0.2) is 43.6 Å². The Morgan fingerprint density at radius 3 is 1.76 bits per heavy atom. The minimum Gasteiger partial charge on any atom is -0.347 e. The summed E-state index contributed by atoms with van der Waals surface area (Å²) >= 11 is 0. The highest BCUT2D eigenvalue weighted by Crippen LogP contribution is 2.26. The van der Waals surface area contributed by atoms with Gasteiger partial charge < -0.3 is 18.9 Å². The number of hydrogen-bond acceptors (Lipinski definition) is 6. The van der Waals surface area contributed by atoms with Gasteiger partial charge in [-0.2, -0.15) is 5.10 Å². The van der Waals surface area contributed by atoms with Gasteiger partial charge in [0.25, 0.3) is 0 Å². The first-order valence-corrected chi connectivity index (χ1v) is 5.09. The smallest absolute Gasteiger partial charge is 0.228 e. The van der Waals surface area contributed by atoms with E-state index in [1.807, 2.05) is 0 Å². The molecule has 0 unspecified atom stereocenters. The molecule has 17 heavy (non-hydrogen) atoms. The molecule has 0 saturated heterocycles. The van der Waals surface area contributed by atoms with Crippen LogP contribution in [0.15, 0.2) is 0 Å². The molecule has 7 heteroatoms. The van der Waals surface area contributed by atoms with Gasteiger partial charge >= 0.3 is 0 Å². The second-order valence-corrected chi connectivity index (χ2v) is 3.72. The third kappa shape index (κ3) is 2.47. The number of methoxy groups -OCH3 is 4. The largest absolute Gasteiger partial charge is 0.347 e. The van der Waals surface area contributed by atoms with Crippen molar-refractivity contribution in [2.75, 3.05) is 28.4 Å². The fourth-order valence-corrected chi connectivity index (χ4v) is 1.21. The first-order valence-electron chi connectivity index (χ1n) is 5.09. The summed E-state index contributed by atoms with van der Waals surface area (Å²) < 4.78 is 20.9. The Bertz CT molecular complexity index is 326. The molecule has 0 aliphatic heterocycles. The van der Waals surface area contributed by atoms with E-state index in [-0.39, 0.29) is 0 Å². The van der Waals surface area contributed by atoms with Gasteiger partial charge in [0, 0.05) is 28.4 Å². The molecule has 1 N–H and O–H groups in total. The normalized spacial score (nSPS) is 13.1. The number of hydrogen-bond donors (Lipinski definition) is 1. The fourth-order valence-electron chi connectivity index (χ4n) is 1.21. The van der Waals surface area contributed by atoms with E-state index in [9.17, 15) is 0 Å². The predicted molar refractivity (Wildman–Crippen MR) is 59.1 cm³/mol. The molecule has 1 aromatic heterocycles. The van der Waals surface area contributed by atoms with Crippen molar-refractivity contribution in [1.29, 1.82) is 0 Å². The molecule has 0 spiro atoms. The quantitative estimate of drug-likeness (QED) is 0.744. The van der Waals surface area contributed by atoms with Crippen LogP contribution >= 0.6 is 0 Å². The second-order valence-electron chi connectivity index (χ2n) is 3.72. The van der Waals surface area contributed by atoms with Gasteiger partial charge in [0.15, 0.2) is 5.82 Å². The number of rotatable bonds is 6. The zero-order valence-electron chi connectivity index (χ0n) is 11.0. The molecule has 0 bridgehead atoms. The SMILES string of the molecule is COC(C)(OC)c1n[nH]c(C(C)(OC)OC)n1. The maximum absolute atomic E-state index is 5.23. The van der Waals surface area contributed by atoms with E-state index in [1.54, 1.807) is 13.8 Å². The molecule has 1 rings (SSSR count). The lowest BCUT2D eigenvalue weighted by atomic mass is 10.3. The van der Waals surface area contributed by atoms with Crippen molar-refractivity contribution in [3.8, 4) is 0 Å². The van der Waals surface area contributed by atoms with Gasteiger partial charge in [0.2, 0.25) is 17.4 Å². The van der Waals surface area contributed by atoms with E-state index in [4.69, 9.17) is 18.9 Å². The van der Waals surface area contributed by atoms with E-state index in [0.29, 0.717) is 11.6 Å². The third-order valence-corrected chi connectivity index (χ3v) is 2.88. The van der Waals surface area contributed by atoms with Crippen molar-refractivity contribution in [1.82, 2.24) is 15.2 Å². The van der Waals surface area contributed by atoms with Crippen molar-refractivity contribution in [3.63, 3.8) is 0 Å². The highest BCUT2D eigenvalue weighted by atomic mass is 16.7. The second kappa shape index (κ2) is 5.09. The molecule has 0 amide bonds. The van der Waals surface area contributed by atoms with Crippen LogP contribution in [0, 0.1) is 0 Å². The van der Waals surface area contributed by atoms with Crippen LogP contribution in [-0.2, 0) is 30.5 Å². The van der Waals surface area contributed by atoms with Crippen molar-refractivity contribution < 1.29 is 18.9 Å². The predicted octanol–water partition coefficient (Wildman–Crippen LogP) is 0.736. The van der Waals surface area contributed by atoms with E-state index >= 15 is 0 Å². The van der Waals surface area contributed by atoms with Crippen molar-refractivity contribution in [2.45, 2.75) is 25.4 Å². The molecular formula is C10H19N3O4. The van der Waals surface area contributed by atoms with Crippen LogP contribution in [0.1, 0.15) is 25.5 Å². The summed E-state index contributed by atoms with van der Waals surface area (Å²) in [6.07, 6.45) is 0. The summed E-state index contributed by atoms with van der Waals surface area (Å²) in [5.41, 5.74) is 0. The summed E-state index contributed by atoms with van der Waals surface area (Å²) in [6.45, 7) is 3.45. The van der Waals surface area contributed by atoms with Gasteiger partial charge in [-0.05, 0) is 13.8 Å². The standard InChI is InChI=1S/C10H19N3O4/c1-9(14-3,15-4)7-11-8(13-12-7)10(2,16-5)17-6/h1-6H3,(H,11,12,13). The minimum atomic E-state index is -1.00. The number of aromatic nitrogens is 3. The molecule has 0 aromatic carbocycles. The Morgan fingerprint density at radius 1 is 0.882 bits per heavy atom. The molecule has 98 valence electrons. The summed E-state index contributed by atoms with van der Waals surface area (Å²) in [4.78, 5) is 4.27. The molecule has 0 radical (unpaired) electrons. The molecule has 0 atom stereocenters. The fraction of sp³-hybridized carbons (Fsp3) is 0.800. The number of aromatic amines is 1. The van der Waals surface area contributed by atoms with E-state index in [2.05, 4.69) is 15.2 Å². The highest BCUT2D eigenvalue weighted by molar-refractivity contribution is 5.01. The lowest BCUT2D eigenvalue weighted by molar-refractivity contribution is -0.211. The van der Waals surface area contributed by atoms with Crippen molar-refractivity contribution in [3.05, 3.63) is 11.6 Å². The van der Waals surface area contributed by atoms with Gasteiger partial charge in [-0.1, -0.05) is 0 Å². The Balaban J connectivity index is 3.07. The lowest BCUT2D eigenvalue weighted by Crippen LogP contribution is -2.30. The summed E-state index contributed by atoms with van der Waals surface area (Å²) in [5, 5.41) is 6.80. The lowest BCUT2D eigenvalue weighted by Gasteiger charge is -2.24. The van der Waals surface area contributed by atoms with Gasteiger partial charge in [-0.25, -0.2) is 4.98 Å². The van der Waals surface area contributed by atoms with Gasteiger partial charge in [0.1, 0.15) is 0 Å². The maximum atomic E-state index is 5.23. The van der Waals surface area contributed by atoms with Gasteiger partial charge in [0.05, 0.1) is 0 Å². The van der Waals surface area contributed by atoms with Crippen molar-refractivity contribution in [2.24, 2.45) is 0 Å². The average molecular weight is 245 g/mol. The third-order valence-electron chi connectivity index (χ3n) is 2.88. The summed E-state index contributed by atoms with van der Waals surface area (Å²) in [5.74, 6) is -1.17. The topological polar surface area (TPSA) is 78.5 Å². The summed E-state index contributed by atoms with van der Waals surface area (Å²) in [7, 11) is 6.09. The first kappa shape index (κ1) is 14.0. The van der Waals surface area contributed by atoms with Gasteiger partial charge in [-0.15, -0.1) is 0 Å². The first-order chi connectivity index (χ1) is 7.95. The minimum absolute atomic E-state index is 0.373. The Labute approximate surface area is 100 Å². The molecule has 0 fully saturated rings. The van der Waals surface area contributed by atoms with Gasteiger partial charge in [-0.3, -0.25) is 5.10 Å². The van der Waals surface area contributed by atoms with Crippen LogP contribution < -0.4 is 0 Å². The number of nitrogens with zero attached hydrogens (tertiary/aromatic N) is 2. The number of nitrogens with one attached hydrogen (secondary N) is 1. The molecule has 7 nitrogen and oxygen atoms in total. The Morgan fingerprint density at radius 2 is 1.35 bits per heavy atom. The Kier molecular flexibility index (Phi) is 4.21. The molecule has 0 aliphatic carbocycles. The molecular weight excluding hydrogens is 226 g/mol.